The summed E-state index contributed by atoms with van der Waals surface area (Å²) in [5, 5.41) is 4.93. The van der Waals surface area contributed by atoms with Gasteiger partial charge in [0.05, 0.1) is 19.6 Å². The monoisotopic (exact) mass is 520 g/mol. The highest BCUT2D eigenvalue weighted by atomic mass is 19.4. The van der Waals surface area contributed by atoms with E-state index in [9.17, 15) is 35.9 Å². The van der Waals surface area contributed by atoms with Crippen molar-refractivity contribution in [3.63, 3.8) is 0 Å². The maximum atomic E-state index is 12.7. The fourth-order valence-electron chi connectivity index (χ4n) is 2.63. The summed E-state index contributed by atoms with van der Waals surface area (Å²) in [5.74, 6) is -1.76. The predicted molar refractivity (Wildman–Crippen MR) is 116 cm³/mol. The molecule has 0 atom stereocenters. The van der Waals surface area contributed by atoms with E-state index in [0.29, 0.717) is 0 Å². The molecule has 0 saturated heterocycles. The quantitative estimate of drug-likeness (QED) is 0.260. The maximum absolute atomic E-state index is 12.7. The molecular formula is C23H22F6N2O5. The van der Waals surface area contributed by atoms with Crippen LogP contribution in [0.2, 0.25) is 0 Å². The molecule has 2 aromatic carbocycles. The highest BCUT2D eigenvalue weighted by Crippen LogP contribution is 2.23. The van der Waals surface area contributed by atoms with Crippen LogP contribution in [0.4, 0.5) is 26.3 Å². The lowest BCUT2D eigenvalue weighted by Gasteiger charge is -2.12. The van der Waals surface area contributed by atoms with Crippen LogP contribution in [0.3, 0.4) is 0 Å². The van der Waals surface area contributed by atoms with E-state index < -0.39 is 43.1 Å². The number of benzene rings is 2. The highest BCUT2D eigenvalue weighted by molar-refractivity contribution is 6.05. The molecule has 0 saturated carbocycles. The second kappa shape index (κ2) is 12.8. The standard InChI is InChI=1S/C23H22F6N2O5/c1-34-13-11-30-21(33)19(14-15-2-6-18(7-3-15)36-23(27,28)29)31-20(32)16-4-8-17(9-5-16)35-12-10-22(24,25)26/h2-9,14H,10-13H2,1H3,(H,30,33)(H,31,32)/b19-14-. The number of hydrogen-bond donors (Lipinski definition) is 2. The molecule has 2 rings (SSSR count). The van der Waals surface area contributed by atoms with Crippen molar-refractivity contribution in [2.24, 2.45) is 0 Å². The molecule has 36 heavy (non-hydrogen) atoms. The SMILES string of the molecule is COCCNC(=O)/C(=C/c1ccc(OC(F)(F)F)cc1)NC(=O)c1ccc(OCCC(F)(F)F)cc1. The molecule has 0 bridgehead atoms. The van der Waals surface area contributed by atoms with Gasteiger partial charge in [-0.05, 0) is 48.0 Å². The Morgan fingerprint density at radius 1 is 0.889 bits per heavy atom. The third-order valence-corrected chi connectivity index (χ3v) is 4.28. The van der Waals surface area contributed by atoms with E-state index in [4.69, 9.17) is 9.47 Å². The van der Waals surface area contributed by atoms with Crippen LogP contribution in [0.25, 0.3) is 6.08 Å². The van der Waals surface area contributed by atoms with Gasteiger partial charge in [-0.2, -0.15) is 13.2 Å². The maximum Gasteiger partial charge on any atom is 0.573 e. The van der Waals surface area contributed by atoms with Gasteiger partial charge in [-0.1, -0.05) is 12.1 Å². The number of alkyl halides is 6. The molecule has 13 heteroatoms. The van der Waals surface area contributed by atoms with E-state index in [0.717, 1.165) is 12.1 Å². The van der Waals surface area contributed by atoms with Gasteiger partial charge in [0, 0.05) is 19.2 Å². The third kappa shape index (κ3) is 10.7. The topological polar surface area (TPSA) is 85.9 Å². The molecule has 0 spiro atoms. The van der Waals surface area contributed by atoms with Crippen molar-refractivity contribution in [2.75, 3.05) is 26.9 Å². The van der Waals surface area contributed by atoms with Gasteiger partial charge in [-0.25, -0.2) is 0 Å². The first-order chi connectivity index (χ1) is 16.9. The van der Waals surface area contributed by atoms with Crippen LogP contribution in [0.1, 0.15) is 22.3 Å². The summed E-state index contributed by atoms with van der Waals surface area (Å²) < 4.78 is 87.4. The fourth-order valence-corrected chi connectivity index (χ4v) is 2.63. The van der Waals surface area contributed by atoms with Crippen LogP contribution in [-0.4, -0.2) is 51.2 Å². The molecular weight excluding hydrogens is 498 g/mol. The first-order valence-electron chi connectivity index (χ1n) is 10.3. The number of hydrogen-bond acceptors (Lipinski definition) is 5. The van der Waals surface area contributed by atoms with Crippen LogP contribution < -0.4 is 20.1 Å². The van der Waals surface area contributed by atoms with Gasteiger partial charge in [-0.15, -0.1) is 13.2 Å². The number of carbonyl (C=O) groups excluding carboxylic acids is 2. The smallest absolute Gasteiger partial charge is 0.493 e. The van der Waals surface area contributed by atoms with Crippen molar-refractivity contribution in [1.82, 2.24) is 10.6 Å². The average molecular weight is 520 g/mol. The minimum atomic E-state index is -4.86. The van der Waals surface area contributed by atoms with Crippen LogP contribution >= 0.6 is 0 Å². The molecule has 196 valence electrons. The summed E-state index contributed by atoms with van der Waals surface area (Å²) in [6.45, 7) is -0.284. The Morgan fingerprint density at radius 3 is 2.06 bits per heavy atom. The molecule has 0 aromatic heterocycles. The average Bonchev–Trinajstić information content (AvgIpc) is 2.78. The number of ether oxygens (including phenoxy) is 3. The molecule has 0 unspecified atom stereocenters. The highest BCUT2D eigenvalue weighted by Gasteiger charge is 2.31. The van der Waals surface area contributed by atoms with E-state index in [2.05, 4.69) is 15.4 Å². The molecule has 0 radical (unpaired) electrons. The van der Waals surface area contributed by atoms with Crippen LogP contribution in [0.5, 0.6) is 11.5 Å². The first-order valence-corrected chi connectivity index (χ1v) is 10.3. The molecule has 0 aliphatic heterocycles. The minimum absolute atomic E-state index is 0.0719. The van der Waals surface area contributed by atoms with Gasteiger partial charge in [0.1, 0.15) is 17.2 Å². The number of carbonyl (C=O) groups is 2. The fraction of sp³-hybridized carbons (Fsp3) is 0.304. The molecule has 0 aliphatic carbocycles. The molecule has 0 heterocycles. The summed E-state index contributed by atoms with van der Waals surface area (Å²) in [6, 6.07) is 9.77. The van der Waals surface area contributed by atoms with Crippen molar-refractivity contribution in [3.05, 3.63) is 65.4 Å². The summed E-state index contributed by atoms with van der Waals surface area (Å²) in [7, 11) is 1.42. The number of amides is 2. The normalized spacial score (nSPS) is 12.1. The van der Waals surface area contributed by atoms with Gasteiger partial charge in [0.25, 0.3) is 11.8 Å². The molecule has 2 N–H and O–H groups in total. The lowest BCUT2D eigenvalue weighted by molar-refractivity contribution is -0.274. The van der Waals surface area contributed by atoms with E-state index >= 15 is 0 Å². The van der Waals surface area contributed by atoms with Gasteiger partial charge in [-0.3, -0.25) is 9.59 Å². The molecule has 7 nitrogen and oxygen atoms in total. The van der Waals surface area contributed by atoms with E-state index in [1.54, 1.807) is 0 Å². The van der Waals surface area contributed by atoms with Crippen molar-refractivity contribution in [2.45, 2.75) is 19.0 Å². The first kappa shape index (κ1) is 28.5. The lowest BCUT2D eigenvalue weighted by atomic mass is 10.1. The van der Waals surface area contributed by atoms with Gasteiger partial charge >= 0.3 is 12.5 Å². The summed E-state index contributed by atoms with van der Waals surface area (Å²) in [4.78, 5) is 25.2. The molecule has 0 aliphatic rings. The Morgan fingerprint density at radius 2 is 1.50 bits per heavy atom. The lowest BCUT2D eigenvalue weighted by Crippen LogP contribution is -2.36. The second-order valence-corrected chi connectivity index (χ2v) is 7.12. The number of methoxy groups -OCH3 is 1. The Kier molecular flexibility index (Phi) is 10.1. The zero-order valence-electron chi connectivity index (χ0n) is 18.8. The summed E-state index contributed by atoms with van der Waals surface area (Å²) >= 11 is 0. The Hall–Kier alpha value is -3.74. The predicted octanol–water partition coefficient (Wildman–Crippen LogP) is 4.45. The number of nitrogens with one attached hydrogen (secondary N) is 2. The number of rotatable bonds is 11. The van der Waals surface area contributed by atoms with Crippen LogP contribution in [-0.2, 0) is 9.53 Å². The van der Waals surface area contributed by atoms with Crippen LogP contribution in [0.15, 0.2) is 54.2 Å². The van der Waals surface area contributed by atoms with Crippen LogP contribution in [0, 0.1) is 0 Å². The van der Waals surface area contributed by atoms with E-state index in [1.165, 1.54) is 49.6 Å². The second-order valence-electron chi connectivity index (χ2n) is 7.12. The largest absolute Gasteiger partial charge is 0.573 e. The van der Waals surface area contributed by atoms with Crippen molar-refractivity contribution >= 4 is 17.9 Å². The number of halogens is 6. The Labute approximate surface area is 202 Å². The third-order valence-electron chi connectivity index (χ3n) is 4.28. The summed E-state index contributed by atoms with van der Waals surface area (Å²) in [5.41, 5.74) is 0.143. The van der Waals surface area contributed by atoms with Crippen molar-refractivity contribution < 1.29 is 50.1 Å². The van der Waals surface area contributed by atoms with Gasteiger partial charge in [0.2, 0.25) is 0 Å². The van der Waals surface area contributed by atoms with Gasteiger partial charge in [0.15, 0.2) is 0 Å². The van der Waals surface area contributed by atoms with Crippen molar-refractivity contribution in [3.8, 4) is 11.5 Å². The molecule has 2 aromatic rings. The zero-order valence-corrected chi connectivity index (χ0v) is 18.8. The summed E-state index contributed by atoms with van der Waals surface area (Å²) in [6.07, 6.45) is -9.12. The Bertz CT molecular complexity index is 1030. The zero-order chi connectivity index (χ0) is 26.8. The van der Waals surface area contributed by atoms with E-state index in [1.807, 2.05) is 0 Å². The minimum Gasteiger partial charge on any atom is -0.493 e. The molecule has 0 fully saturated rings. The van der Waals surface area contributed by atoms with Gasteiger partial charge < -0.3 is 24.8 Å². The molecule has 2 amide bonds. The Balaban J connectivity index is 2.14. The van der Waals surface area contributed by atoms with E-state index in [-0.39, 0.29) is 35.7 Å². The van der Waals surface area contributed by atoms with Crippen molar-refractivity contribution in [1.29, 1.82) is 0 Å².